The van der Waals surface area contributed by atoms with Crippen LogP contribution in [0, 0.1) is 5.92 Å². The summed E-state index contributed by atoms with van der Waals surface area (Å²) >= 11 is 0. The number of hydrogen-bond donors (Lipinski definition) is 1. The molecule has 1 atom stereocenters. The molecule has 0 aromatic heterocycles. The average molecular weight is 266 g/mol. The second-order valence-electron chi connectivity index (χ2n) is 4.84. The normalized spacial score (nSPS) is 12.4. The molecule has 4 heteroatoms. The molecule has 1 N–H and O–H groups in total. The molecule has 0 bridgehead atoms. The number of rotatable bonds is 8. The van der Waals surface area contributed by atoms with E-state index >= 15 is 0 Å². The van der Waals surface area contributed by atoms with Crippen molar-refractivity contribution in [1.82, 2.24) is 0 Å². The highest BCUT2D eigenvalue weighted by Crippen LogP contribution is 2.14. The maximum atomic E-state index is 11.1. The number of hydrogen-bond acceptors (Lipinski definition) is 3. The van der Waals surface area contributed by atoms with Crippen molar-refractivity contribution in [2.24, 2.45) is 5.92 Å². The minimum atomic E-state index is -0.922. The summed E-state index contributed by atoms with van der Waals surface area (Å²) in [5.41, 5.74) is 0.930. The third-order valence-electron chi connectivity index (χ3n) is 2.56. The van der Waals surface area contributed by atoms with Gasteiger partial charge in [-0.15, -0.1) is 0 Å². The molecule has 1 unspecified atom stereocenters. The maximum Gasteiger partial charge on any atom is 0.333 e. The number of carboxylic acids is 1. The first kappa shape index (κ1) is 15.5. The molecule has 0 aliphatic heterocycles. The summed E-state index contributed by atoms with van der Waals surface area (Å²) in [6.07, 6.45) is -0.422. The molecule has 0 aliphatic rings. The number of benzene rings is 1. The van der Waals surface area contributed by atoms with Crippen LogP contribution in [0.5, 0.6) is 5.75 Å². The standard InChI is InChI=1S/C15H22O4/c1-4-18-13-7-5-12(6-8-13)9-14(15(16)17)19-10-11(2)3/h5-8,11,14H,4,9-10H2,1-3H3,(H,16,17). The van der Waals surface area contributed by atoms with Crippen LogP contribution in [-0.4, -0.2) is 30.4 Å². The smallest absolute Gasteiger partial charge is 0.333 e. The molecule has 0 amide bonds. The van der Waals surface area contributed by atoms with Gasteiger partial charge >= 0.3 is 5.97 Å². The molecule has 0 aliphatic carbocycles. The summed E-state index contributed by atoms with van der Waals surface area (Å²) in [5.74, 6) is 0.193. The lowest BCUT2D eigenvalue weighted by atomic mass is 10.1. The van der Waals surface area contributed by atoms with E-state index in [9.17, 15) is 4.79 Å². The first-order chi connectivity index (χ1) is 9.02. The quantitative estimate of drug-likeness (QED) is 0.786. The van der Waals surface area contributed by atoms with Crippen LogP contribution >= 0.6 is 0 Å². The van der Waals surface area contributed by atoms with Crippen molar-refractivity contribution in [3.8, 4) is 5.75 Å². The van der Waals surface area contributed by atoms with E-state index in [2.05, 4.69) is 0 Å². The van der Waals surface area contributed by atoms with Gasteiger partial charge in [-0.1, -0.05) is 26.0 Å². The topological polar surface area (TPSA) is 55.8 Å². The van der Waals surface area contributed by atoms with E-state index in [1.165, 1.54) is 0 Å². The minimum absolute atomic E-state index is 0.321. The van der Waals surface area contributed by atoms with E-state index < -0.39 is 12.1 Å². The summed E-state index contributed by atoms with van der Waals surface area (Å²) in [6, 6.07) is 7.44. The van der Waals surface area contributed by atoms with Crippen molar-refractivity contribution < 1.29 is 19.4 Å². The van der Waals surface area contributed by atoms with Gasteiger partial charge in [-0.2, -0.15) is 0 Å². The number of carboxylic acid groups (broad SMARTS) is 1. The van der Waals surface area contributed by atoms with Crippen LogP contribution in [-0.2, 0) is 16.0 Å². The van der Waals surface area contributed by atoms with Crippen molar-refractivity contribution in [1.29, 1.82) is 0 Å². The Labute approximate surface area is 114 Å². The second-order valence-corrected chi connectivity index (χ2v) is 4.84. The SMILES string of the molecule is CCOc1ccc(CC(OCC(C)C)C(=O)O)cc1. The van der Waals surface area contributed by atoms with Gasteiger partial charge in [0.25, 0.3) is 0 Å². The zero-order valence-corrected chi connectivity index (χ0v) is 11.8. The number of carbonyl (C=O) groups is 1. The predicted molar refractivity (Wildman–Crippen MR) is 73.5 cm³/mol. The molecule has 1 rings (SSSR count). The lowest BCUT2D eigenvalue weighted by Gasteiger charge is -2.15. The summed E-state index contributed by atoms with van der Waals surface area (Å²) in [7, 11) is 0. The molecule has 0 saturated carbocycles. The fourth-order valence-electron chi connectivity index (χ4n) is 1.63. The first-order valence-corrected chi connectivity index (χ1v) is 6.59. The van der Waals surface area contributed by atoms with Crippen LogP contribution in [0.25, 0.3) is 0 Å². The molecule has 0 radical (unpaired) electrons. The van der Waals surface area contributed by atoms with Gasteiger partial charge in [-0.25, -0.2) is 4.79 Å². The van der Waals surface area contributed by atoms with Crippen LogP contribution in [0.3, 0.4) is 0 Å². The van der Waals surface area contributed by atoms with Gasteiger partial charge in [0.2, 0.25) is 0 Å². The largest absolute Gasteiger partial charge is 0.494 e. The minimum Gasteiger partial charge on any atom is -0.494 e. The van der Waals surface area contributed by atoms with E-state index in [-0.39, 0.29) is 0 Å². The Morgan fingerprint density at radius 3 is 2.37 bits per heavy atom. The zero-order valence-electron chi connectivity index (χ0n) is 11.8. The van der Waals surface area contributed by atoms with Gasteiger partial charge in [0.05, 0.1) is 13.2 Å². The highest BCUT2D eigenvalue weighted by Gasteiger charge is 2.19. The van der Waals surface area contributed by atoms with Gasteiger partial charge in [-0.3, -0.25) is 0 Å². The van der Waals surface area contributed by atoms with Gasteiger partial charge in [0.1, 0.15) is 5.75 Å². The third-order valence-corrected chi connectivity index (χ3v) is 2.56. The molecule has 0 heterocycles. The van der Waals surface area contributed by atoms with Crippen molar-refractivity contribution in [3.05, 3.63) is 29.8 Å². The fraction of sp³-hybridized carbons (Fsp3) is 0.533. The monoisotopic (exact) mass is 266 g/mol. The number of ether oxygens (including phenoxy) is 2. The van der Waals surface area contributed by atoms with E-state index in [1.54, 1.807) is 0 Å². The van der Waals surface area contributed by atoms with Crippen molar-refractivity contribution in [2.45, 2.75) is 33.3 Å². The van der Waals surface area contributed by atoms with Crippen molar-refractivity contribution in [3.63, 3.8) is 0 Å². The summed E-state index contributed by atoms with van der Waals surface area (Å²) in [4.78, 5) is 11.1. The van der Waals surface area contributed by atoms with E-state index in [0.29, 0.717) is 25.6 Å². The van der Waals surface area contributed by atoms with Crippen LogP contribution in [0.2, 0.25) is 0 Å². The van der Waals surface area contributed by atoms with Gasteiger partial charge in [0, 0.05) is 6.42 Å². The van der Waals surface area contributed by atoms with Gasteiger partial charge in [-0.05, 0) is 30.5 Å². The molecule has 4 nitrogen and oxygen atoms in total. The Morgan fingerprint density at radius 2 is 1.89 bits per heavy atom. The summed E-state index contributed by atoms with van der Waals surface area (Å²) in [6.45, 7) is 6.99. The van der Waals surface area contributed by atoms with E-state index in [1.807, 2.05) is 45.0 Å². The summed E-state index contributed by atoms with van der Waals surface area (Å²) < 4.78 is 10.8. The Balaban J connectivity index is 2.60. The Hall–Kier alpha value is -1.55. The fourth-order valence-corrected chi connectivity index (χ4v) is 1.63. The van der Waals surface area contributed by atoms with Crippen LogP contribution in [0.15, 0.2) is 24.3 Å². The summed E-state index contributed by atoms with van der Waals surface area (Å²) in [5, 5.41) is 9.14. The van der Waals surface area contributed by atoms with Crippen LogP contribution in [0.1, 0.15) is 26.3 Å². The van der Waals surface area contributed by atoms with E-state index in [4.69, 9.17) is 14.6 Å². The van der Waals surface area contributed by atoms with Crippen molar-refractivity contribution in [2.75, 3.05) is 13.2 Å². The second kappa shape index (κ2) is 7.79. The lowest BCUT2D eigenvalue weighted by molar-refractivity contribution is -0.150. The van der Waals surface area contributed by atoms with Gasteiger partial charge in [0.15, 0.2) is 6.10 Å². The van der Waals surface area contributed by atoms with E-state index in [0.717, 1.165) is 11.3 Å². The molecule has 19 heavy (non-hydrogen) atoms. The van der Waals surface area contributed by atoms with Crippen molar-refractivity contribution >= 4 is 5.97 Å². The highest BCUT2D eigenvalue weighted by atomic mass is 16.5. The Bertz CT molecular complexity index is 384. The van der Waals surface area contributed by atoms with Gasteiger partial charge < -0.3 is 14.6 Å². The maximum absolute atomic E-state index is 11.1. The third kappa shape index (κ3) is 5.75. The molecule has 0 fully saturated rings. The zero-order chi connectivity index (χ0) is 14.3. The molecule has 0 saturated heterocycles. The molecule has 1 aromatic carbocycles. The molecular weight excluding hydrogens is 244 g/mol. The molecule has 0 spiro atoms. The predicted octanol–water partition coefficient (Wildman–Crippen LogP) is 2.75. The van der Waals surface area contributed by atoms with Crippen LogP contribution < -0.4 is 4.74 Å². The molecular formula is C15H22O4. The Morgan fingerprint density at radius 1 is 1.26 bits per heavy atom. The molecule has 106 valence electrons. The molecule has 1 aromatic rings. The lowest BCUT2D eigenvalue weighted by Crippen LogP contribution is -2.27. The van der Waals surface area contributed by atoms with Crippen LogP contribution in [0.4, 0.5) is 0 Å². The Kier molecular flexibility index (Phi) is 6.36. The first-order valence-electron chi connectivity index (χ1n) is 6.59. The number of aliphatic carboxylic acids is 1. The average Bonchev–Trinajstić information content (AvgIpc) is 2.36. The highest BCUT2D eigenvalue weighted by molar-refractivity contribution is 5.72.